The minimum atomic E-state index is -0.432. The number of esters is 1. The normalized spacial score (nSPS) is 11.7. The van der Waals surface area contributed by atoms with Gasteiger partial charge in [0.25, 0.3) is 0 Å². The molecule has 1 amide bonds. The Bertz CT molecular complexity index is 788. The number of anilines is 1. The van der Waals surface area contributed by atoms with Crippen molar-refractivity contribution in [1.82, 2.24) is 0 Å². The van der Waals surface area contributed by atoms with E-state index in [1.807, 2.05) is 30.3 Å². The molecule has 1 atom stereocenters. The summed E-state index contributed by atoms with van der Waals surface area (Å²) in [5, 5.41) is 2.35. The molecule has 0 bridgehead atoms. The quantitative estimate of drug-likeness (QED) is 0.419. The van der Waals surface area contributed by atoms with Crippen LogP contribution in [0, 0.1) is 5.92 Å². The Morgan fingerprint density at radius 3 is 2.19 bits per heavy atom. The van der Waals surface area contributed by atoms with Crippen molar-refractivity contribution in [1.29, 1.82) is 0 Å². The first kappa shape index (κ1) is 20.7. The number of rotatable bonds is 8. The van der Waals surface area contributed by atoms with E-state index in [-0.39, 0.29) is 24.2 Å². The molecule has 27 heavy (non-hydrogen) atoms. The van der Waals surface area contributed by atoms with Gasteiger partial charge < -0.3 is 10.1 Å². The van der Waals surface area contributed by atoms with Crippen molar-refractivity contribution in [2.75, 3.05) is 11.9 Å². The van der Waals surface area contributed by atoms with E-state index in [4.69, 9.17) is 4.74 Å². The van der Waals surface area contributed by atoms with Crippen molar-refractivity contribution < 1.29 is 19.1 Å². The van der Waals surface area contributed by atoms with E-state index in [0.717, 1.165) is 4.90 Å². The molecule has 2 rings (SSSR count). The summed E-state index contributed by atoms with van der Waals surface area (Å²) in [6.07, 6.45) is 0. The number of ketones is 1. The monoisotopic (exact) mass is 385 g/mol. The van der Waals surface area contributed by atoms with Gasteiger partial charge in [-0.1, -0.05) is 32.0 Å². The molecule has 0 heterocycles. The van der Waals surface area contributed by atoms with E-state index in [9.17, 15) is 14.4 Å². The first-order valence-electron chi connectivity index (χ1n) is 8.69. The maximum Gasteiger partial charge on any atom is 0.319 e. The Balaban J connectivity index is 1.84. The predicted molar refractivity (Wildman–Crippen MR) is 107 cm³/mol. The zero-order valence-corrected chi connectivity index (χ0v) is 16.4. The maximum atomic E-state index is 12.2. The molecule has 0 fully saturated rings. The molecule has 0 aliphatic heterocycles. The van der Waals surface area contributed by atoms with Crippen LogP contribution in [0.25, 0.3) is 0 Å². The predicted octanol–water partition coefficient (Wildman–Crippen LogP) is 4.19. The molecular weight excluding hydrogens is 362 g/mol. The van der Waals surface area contributed by atoms with Crippen LogP contribution in [-0.2, 0) is 14.3 Å². The van der Waals surface area contributed by atoms with Crippen molar-refractivity contribution in [3.63, 3.8) is 0 Å². The van der Waals surface area contributed by atoms with Crippen LogP contribution in [0.3, 0.4) is 0 Å². The molecule has 0 saturated carbocycles. The first-order valence-corrected chi connectivity index (χ1v) is 9.57. The lowest BCUT2D eigenvalue weighted by atomic mass is 10.1. The zero-order valence-electron chi connectivity index (χ0n) is 15.6. The number of carbonyl (C=O) groups is 3. The van der Waals surface area contributed by atoms with Crippen LogP contribution in [0.2, 0.25) is 0 Å². The summed E-state index contributed by atoms with van der Waals surface area (Å²) in [6, 6.07) is 16.1. The summed E-state index contributed by atoms with van der Waals surface area (Å²) in [4.78, 5) is 36.9. The van der Waals surface area contributed by atoms with E-state index in [0.29, 0.717) is 11.3 Å². The van der Waals surface area contributed by atoms with Gasteiger partial charge in [0, 0.05) is 22.1 Å². The van der Waals surface area contributed by atoms with Crippen molar-refractivity contribution >= 4 is 35.1 Å². The molecule has 0 spiro atoms. The molecule has 0 saturated heterocycles. The van der Waals surface area contributed by atoms with Crippen LogP contribution in [0.15, 0.2) is 59.5 Å². The average Bonchev–Trinajstić information content (AvgIpc) is 2.67. The highest BCUT2D eigenvalue weighted by Gasteiger charge is 2.18. The second-order valence-electron chi connectivity index (χ2n) is 6.33. The molecule has 0 unspecified atom stereocenters. The lowest BCUT2D eigenvalue weighted by Crippen LogP contribution is -2.21. The van der Waals surface area contributed by atoms with Crippen molar-refractivity contribution in [2.24, 2.45) is 5.92 Å². The molecule has 0 aliphatic rings. The highest BCUT2D eigenvalue weighted by molar-refractivity contribution is 8.00. The maximum absolute atomic E-state index is 12.2. The summed E-state index contributed by atoms with van der Waals surface area (Å²) >= 11 is 1.38. The lowest BCUT2D eigenvalue weighted by Gasteiger charge is -2.11. The number of thioether (sulfide) groups is 1. The summed E-state index contributed by atoms with van der Waals surface area (Å²) in [5.74, 6) is -0.936. The van der Waals surface area contributed by atoms with Crippen LogP contribution >= 0.6 is 11.8 Å². The van der Waals surface area contributed by atoms with Gasteiger partial charge in [0.05, 0.1) is 0 Å². The molecule has 0 aliphatic carbocycles. The Morgan fingerprint density at radius 1 is 0.963 bits per heavy atom. The standard InChI is InChI=1S/C21H23NO4S/c1-14(2)20(24)22-17-11-9-16(10-12-17)19(23)13-26-21(25)15(3)27-18-7-5-4-6-8-18/h4-12,14-15H,13H2,1-3H3,(H,22,24)/t15-/m0/s1. The number of amides is 1. The molecule has 142 valence electrons. The molecular formula is C21H23NO4S. The number of benzene rings is 2. The van der Waals surface area contributed by atoms with Crippen molar-refractivity contribution in [3.8, 4) is 0 Å². The highest BCUT2D eigenvalue weighted by Crippen LogP contribution is 2.23. The smallest absolute Gasteiger partial charge is 0.319 e. The van der Waals surface area contributed by atoms with Crippen LogP contribution < -0.4 is 5.32 Å². The first-order chi connectivity index (χ1) is 12.9. The molecule has 1 N–H and O–H groups in total. The van der Waals surface area contributed by atoms with Crippen LogP contribution in [0.1, 0.15) is 31.1 Å². The fourth-order valence-corrected chi connectivity index (χ4v) is 3.00. The van der Waals surface area contributed by atoms with E-state index >= 15 is 0 Å². The minimum Gasteiger partial charge on any atom is -0.456 e. The van der Waals surface area contributed by atoms with Gasteiger partial charge in [-0.2, -0.15) is 0 Å². The van der Waals surface area contributed by atoms with Gasteiger partial charge in [0.15, 0.2) is 12.4 Å². The second-order valence-corrected chi connectivity index (χ2v) is 7.74. The minimum absolute atomic E-state index is 0.0899. The number of nitrogens with one attached hydrogen (secondary N) is 1. The third-order valence-electron chi connectivity index (χ3n) is 3.73. The van der Waals surface area contributed by atoms with Gasteiger partial charge in [0.1, 0.15) is 5.25 Å². The van der Waals surface area contributed by atoms with Crippen LogP contribution in [0.4, 0.5) is 5.69 Å². The summed E-state index contributed by atoms with van der Waals surface area (Å²) in [5.41, 5.74) is 1.05. The molecule has 0 radical (unpaired) electrons. The summed E-state index contributed by atoms with van der Waals surface area (Å²) < 4.78 is 5.14. The van der Waals surface area contributed by atoms with Crippen molar-refractivity contribution in [2.45, 2.75) is 30.9 Å². The Labute approximate surface area is 163 Å². The topological polar surface area (TPSA) is 72.5 Å². The Kier molecular flexibility index (Phi) is 7.61. The van der Waals surface area contributed by atoms with Gasteiger partial charge in [-0.3, -0.25) is 14.4 Å². The lowest BCUT2D eigenvalue weighted by molar-refractivity contribution is -0.141. The van der Waals surface area contributed by atoms with E-state index in [1.54, 1.807) is 45.0 Å². The molecule has 2 aromatic rings. The van der Waals surface area contributed by atoms with Gasteiger partial charge in [0.2, 0.25) is 5.91 Å². The summed E-state index contributed by atoms with van der Waals surface area (Å²) in [6.45, 7) is 5.05. The van der Waals surface area contributed by atoms with Gasteiger partial charge in [-0.05, 0) is 43.3 Å². The second kappa shape index (κ2) is 9.92. The SMILES string of the molecule is CC(C)C(=O)Nc1ccc(C(=O)COC(=O)[C@H](C)Sc2ccccc2)cc1. The van der Waals surface area contributed by atoms with E-state index in [2.05, 4.69) is 5.32 Å². The van der Waals surface area contributed by atoms with E-state index < -0.39 is 11.2 Å². The van der Waals surface area contributed by atoms with Gasteiger partial charge >= 0.3 is 5.97 Å². The highest BCUT2D eigenvalue weighted by atomic mass is 32.2. The van der Waals surface area contributed by atoms with Crippen molar-refractivity contribution in [3.05, 3.63) is 60.2 Å². The van der Waals surface area contributed by atoms with Crippen LogP contribution in [-0.4, -0.2) is 29.5 Å². The number of ether oxygens (including phenoxy) is 1. The fourth-order valence-electron chi connectivity index (χ4n) is 2.11. The largest absolute Gasteiger partial charge is 0.456 e. The Morgan fingerprint density at radius 2 is 1.59 bits per heavy atom. The molecule has 0 aromatic heterocycles. The van der Waals surface area contributed by atoms with Gasteiger partial charge in [-0.25, -0.2) is 0 Å². The molecule has 2 aromatic carbocycles. The Hall–Kier alpha value is -2.60. The van der Waals surface area contributed by atoms with Crippen LogP contribution in [0.5, 0.6) is 0 Å². The third-order valence-corrected chi connectivity index (χ3v) is 4.82. The third kappa shape index (κ3) is 6.57. The summed E-state index contributed by atoms with van der Waals surface area (Å²) in [7, 11) is 0. The van der Waals surface area contributed by atoms with E-state index in [1.165, 1.54) is 11.8 Å². The number of hydrogen-bond donors (Lipinski definition) is 1. The number of Topliss-reactive ketones (excluding diaryl/α,β-unsaturated/α-hetero) is 1. The average molecular weight is 385 g/mol. The van der Waals surface area contributed by atoms with Gasteiger partial charge in [-0.15, -0.1) is 11.8 Å². The molecule has 5 nitrogen and oxygen atoms in total. The molecule has 6 heteroatoms. The fraction of sp³-hybridized carbons (Fsp3) is 0.286. The number of carbonyl (C=O) groups excluding carboxylic acids is 3. The number of hydrogen-bond acceptors (Lipinski definition) is 5. The zero-order chi connectivity index (χ0) is 19.8.